The van der Waals surface area contributed by atoms with E-state index in [0.717, 1.165) is 12.1 Å². The number of hydrogen-bond donors (Lipinski definition) is 0. The summed E-state index contributed by atoms with van der Waals surface area (Å²) in [6.45, 7) is 7.62. The number of alkyl halides is 3. The molecule has 1 aromatic heterocycles. The monoisotopic (exact) mass is 483 g/mol. The molecule has 8 nitrogen and oxygen atoms in total. The second kappa shape index (κ2) is 10.0. The topological polar surface area (TPSA) is 82.9 Å². The van der Waals surface area contributed by atoms with Crippen LogP contribution in [0.4, 0.5) is 18.0 Å². The maximum Gasteiger partial charge on any atom is 0.416 e. The van der Waals surface area contributed by atoms with Crippen LogP contribution in [0.25, 0.3) is 0 Å². The molecule has 1 saturated heterocycles. The highest BCUT2D eigenvalue weighted by molar-refractivity contribution is 5.87. The Kier molecular flexibility index (Phi) is 7.54. The van der Waals surface area contributed by atoms with E-state index < -0.39 is 41.5 Å². The van der Waals surface area contributed by atoms with Crippen molar-refractivity contribution in [2.75, 3.05) is 19.7 Å². The summed E-state index contributed by atoms with van der Waals surface area (Å²) in [5, 5.41) is 4.28. The van der Waals surface area contributed by atoms with Gasteiger partial charge in [-0.2, -0.15) is 18.3 Å². The van der Waals surface area contributed by atoms with Crippen LogP contribution < -0.4 is 0 Å². The van der Waals surface area contributed by atoms with Crippen LogP contribution in [0, 0.1) is 0 Å². The van der Waals surface area contributed by atoms with Crippen LogP contribution in [0.15, 0.2) is 36.5 Å². The molecule has 0 bridgehead atoms. The van der Waals surface area contributed by atoms with Gasteiger partial charge in [0, 0.05) is 12.7 Å². The number of benzene rings is 1. The van der Waals surface area contributed by atoms with Gasteiger partial charge in [-0.05, 0) is 51.5 Å². The molecule has 1 aromatic carbocycles. The van der Waals surface area contributed by atoms with E-state index in [2.05, 4.69) is 5.10 Å². The zero-order valence-corrected chi connectivity index (χ0v) is 19.5. The number of amides is 1. The highest BCUT2D eigenvalue weighted by Gasteiger charge is 2.40. The van der Waals surface area contributed by atoms with Gasteiger partial charge in [0.1, 0.15) is 5.60 Å². The zero-order valence-electron chi connectivity index (χ0n) is 19.5. The quantitative estimate of drug-likeness (QED) is 0.565. The highest BCUT2D eigenvalue weighted by atomic mass is 19.4. The van der Waals surface area contributed by atoms with Gasteiger partial charge in [-0.15, -0.1) is 0 Å². The molecule has 2 atom stereocenters. The molecule has 1 amide bonds. The first-order chi connectivity index (χ1) is 15.9. The molecule has 0 saturated carbocycles. The SMILES string of the molecule is CCOC(=O)c1ccn(C2CN(C(=O)OC(C)(C)C)CC2OCc2ccc(C(F)(F)F)cc2)n1. The van der Waals surface area contributed by atoms with E-state index in [1.54, 1.807) is 33.9 Å². The van der Waals surface area contributed by atoms with Gasteiger partial charge in [-0.1, -0.05) is 12.1 Å². The number of esters is 1. The Morgan fingerprint density at radius 3 is 2.35 bits per heavy atom. The van der Waals surface area contributed by atoms with E-state index in [1.807, 2.05) is 0 Å². The molecule has 0 spiro atoms. The van der Waals surface area contributed by atoms with Gasteiger partial charge in [0.15, 0.2) is 5.69 Å². The first kappa shape index (κ1) is 25.5. The summed E-state index contributed by atoms with van der Waals surface area (Å²) in [5.41, 5.74) is -0.752. The third-order valence-electron chi connectivity index (χ3n) is 5.07. The van der Waals surface area contributed by atoms with Crippen molar-refractivity contribution in [2.24, 2.45) is 0 Å². The number of likely N-dealkylation sites (tertiary alicyclic amines) is 1. The number of ether oxygens (including phenoxy) is 3. The van der Waals surface area contributed by atoms with Crippen LogP contribution in [0.1, 0.15) is 55.4 Å². The van der Waals surface area contributed by atoms with E-state index in [4.69, 9.17) is 14.2 Å². The zero-order chi connectivity index (χ0) is 25.1. The van der Waals surface area contributed by atoms with Crippen LogP contribution >= 0.6 is 0 Å². The van der Waals surface area contributed by atoms with Crippen molar-refractivity contribution in [1.29, 1.82) is 0 Å². The molecule has 34 heavy (non-hydrogen) atoms. The largest absolute Gasteiger partial charge is 0.461 e. The number of hydrogen-bond acceptors (Lipinski definition) is 6. The van der Waals surface area contributed by atoms with Gasteiger partial charge in [-0.3, -0.25) is 4.68 Å². The Morgan fingerprint density at radius 2 is 1.76 bits per heavy atom. The standard InChI is InChI=1S/C23H28F3N3O5/c1-5-32-20(30)17-10-11-29(27-17)18-12-28(21(31)34-22(2,3)4)13-19(18)33-14-15-6-8-16(9-7-15)23(24,25)26/h6-11,18-19H,5,12-14H2,1-4H3. The van der Waals surface area contributed by atoms with Crippen LogP contribution in [-0.2, 0) is 27.0 Å². The lowest BCUT2D eigenvalue weighted by Gasteiger charge is -2.24. The third-order valence-corrected chi connectivity index (χ3v) is 5.07. The number of carbonyl (C=O) groups is 2. The Bertz CT molecular complexity index is 999. The second-order valence-corrected chi connectivity index (χ2v) is 8.90. The van der Waals surface area contributed by atoms with Crippen LogP contribution in [-0.4, -0.2) is 58.1 Å². The fraction of sp³-hybridized carbons (Fsp3) is 0.522. The molecule has 2 aromatic rings. The van der Waals surface area contributed by atoms with Crippen LogP contribution in [0.5, 0.6) is 0 Å². The van der Waals surface area contributed by atoms with E-state index in [9.17, 15) is 22.8 Å². The summed E-state index contributed by atoms with van der Waals surface area (Å²) in [4.78, 5) is 26.1. The summed E-state index contributed by atoms with van der Waals surface area (Å²) in [7, 11) is 0. The molecule has 0 N–H and O–H groups in total. The number of rotatable bonds is 6. The lowest BCUT2D eigenvalue weighted by Crippen LogP contribution is -2.36. The predicted molar refractivity (Wildman–Crippen MR) is 115 cm³/mol. The highest BCUT2D eigenvalue weighted by Crippen LogP contribution is 2.30. The molecule has 186 valence electrons. The third kappa shape index (κ3) is 6.49. The second-order valence-electron chi connectivity index (χ2n) is 8.90. The van der Waals surface area contributed by atoms with Gasteiger partial charge in [-0.25, -0.2) is 9.59 Å². The van der Waals surface area contributed by atoms with Gasteiger partial charge < -0.3 is 19.1 Å². The normalized spacial score (nSPS) is 18.7. The Labute approximate surface area is 195 Å². The summed E-state index contributed by atoms with van der Waals surface area (Å²) >= 11 is 0. The number of halogens is 3. The van der Waals surface area contributed by atoms with Crippen LogP contribution in [0.3, 0.4) is 0 Å². The molecular formula is C23H28F3N3O5. The fourth-order valence-corrected chi connectivity index (χ4v) is 3.48. The van der Waals surface area contributed by atoms with Gasteiger partial charge in [0.25, 0.3) is 0 Å². The molecule has 1 fully saturated rings. The number of carbonyl (C=O) groups excluding carboxylic acids is 2. The molecule has 2 heterocycles. The van der Waals surface area contributed by atoms with Crippen LogP contribution in [0.2, 0.25) is 0 Å². The van der Waals surface area contributed by atoms with Crippen molar-refractivity contribution in [3.63, 3.8) is 0 Å². The Balaban J connectivity index is 1.75. The Morgan fingerprint density at radius 1 is 1.09 bits per heavy atom. The van der Waals surface area contributed by atoms with Crippen molar-refractivity contribution in [3.05, 3.63) is 53.3 Å². The average Bonchev–Trinajstić information content (AvgIpc) is 3.38. The molecule has 2 unspecified atom stereocenters. The molecule has 11 heteroatoms. The van der Waals surface area contributed by atoms with Gasteiger partial charge >= 0.3 is 18.2 Å². The maximum absolute atomic E-state index is 12.8. The summed E-state index contributed by atoms with van der Waals surface area (Å²) < 4.78 is 56.4. The van der Waals surface area contributed by atoms with E-state index in [0.29, 0.717) is 5.56 Å². The lowest BCUT2D eigenvalue weighted by molar-refractivity contribution is -0.137. The van der Waals surface area contributed by atoms with Crippen molar-refractivity contribution in [2.45, 2.75) is 58.2 Å². The lowest BCUT2D eigenvalue weighted by atomic mass is 10.1. The van der Waals surface area contributed by atoms with Gasteiger partial charge in [0.05, 0.1) is 37.5 Å². The van der Waals surface area contributed by atoms with Crippen molar-refractivity contribution in [3.8, 4) is 0 Å². The predicted octanol–water partition coefficient (Wildman–Crippen LogP) is 4.46. The van der Waals surface area contributed by atoms with Crippen molar-refractivity contribution in [1.82, 2.24) is 14.7 Å². The Hall–Kier alpha value is -3.08. The molecular weight excluding hydrogens is 455 g/mol. The fourth-order valence-electron chi connectivity index (χ4n) is 3.48. The first-order valence-electron chi connectivity index (χ1n) is 10.9. The smallest absolute Gasteiger partial charge is 0.416 e. The first-order valence-corrected chi connectivity index (χ1v) is 10.9. The van der Waals surface area contributed by atoms with Crippen molar-refractivity contribution < 1.29 is 37.0 Å². The van der Waals surface area contributed by atoms with Crippen molar-refractivity contribution >= 4 is 12.1 Å². The number of nitrogens with zero attached hydrogens (tertiary/aromatic N) is 3. The molecule has 1 aliphatic rings. The minimum Gasteiger partial charge on any atom is -0.461 e. The average molecular weight is 483 g/mol. The molecule has 0 aliphatic carbocycles. The maximum atomic E-state index is 12.8. The van der Waals surface area contributed by atoms with E-state index in [1.165, 1.54) is 27.8 Å². The summed E-state index contributed by atoms with van der Waals surface area (Å²) in [6, 6.07) is 5.77. The minimum atomic E-state index is -4.42. The number of aromatic nitrogens is 2. The molecule has 1 aliphatic heterocycles. The molecule has 3 rings (SSSR count). The van der Waals surface area contributed by atoms with E-state index in [-0.39, 0.29) is 32.0 Å². The minimum absolute atomic E-state index is 0.0352. The van der Waals surface area contributed by atoms with E-state index >= 15 is 0 Å². The summed E-state index contributed by atoms with van der Waals surface area (Å²) in [5.74, 6) is -0.564. The van der Waals surface area contributed by atoms with Gasteiger partial charge in [0.2, 0.25) is 0 Å². The summed E-state index contributed by atoms with van der Waals surface area (Å²) in [6.07, 6.45) is -3.87. The molecule has 0 radical (unpaired) electrons.